The molecule has 0 heterocycles. The third-order valence-electron chi connectivity index (χ3n) is 3.99. The summed E-state index contributed by atoms with van der Waals surface area (Å²) in [5.74, 6) is 0.809. The molecule has 24 heavy (non-hydrogen) atoms. The van der Waals surface area contributed by atoms with Crippen molar-refractivity contribution in [3.63, 3.8) is 0 Å². The van der Waals surface area contributed by atoms with E-state index in [9.17, 15) is 10.2 Å². The molecule has 0 radical (unpaired) electrons. The van der Waals surface area contributed by atoms with Crippen LogP contribution in [-0.2, 0) is 6.54 Å². The molecule has 128 valence electrons. The third kappa shape index (κ3) is 4.68. The van der Waals surface area contributed by atoms with Crippen molar-refractivity contribution in [2.75, 3.05) is 20.3 Å². The first-order chi connectivity index (χ1) is 11.7. The highest BCUT2D eigenvalue weighted by molar-refractivity contribution is 5.28. The molecule has 0 bridgehead atoms. The molecule has 0 unspecified atom stereocenters. The number of aliphatic hydroxyl groups is 2. The van der Waals surface area contributed by atoms with E-state index in [1.165, 1.54) is 0 Å². The van der Waals surface area contributed by atoms with E-state index in [1.807, 2.05) is 60.7 Å². The summed E-state index contributed by atoms with van der Waals surface area (Å²) in [7, 11) is 1.64. The molecule has 4 nitrogen and oxygen atoms in total. The highest BCUT2D eigenvalue weighted by atomic mass is 16.5. The van der Waals surface area contributed by atoms with E-state index in [-0.39, 0.29) is 12.6 Å². The van der Waals surface area contributed by atoms with Crippen LogP contribution in [0.4, 0.5) is 0 Å². The van der Waals surface area contributed by atoms with E-state index in [4.69, 9.17) is 4.74 Å². The van der Waals surface area contributed by atoms with Crippen LogP contribution in [0.25, 0.3) is 0 Å². The Bertz CT molecular complexity index is 613. The van der Waals surface area contributed by atoms with Crippen LogP contribution >= 0.6 is 0 Å². The fourth-order valence-electron chi connectivity index (χ4n) is 2.83. The quantitative estimate of drug-likeness (QED) is 0.696. The largest absolute Gasteiger partial charge is 0.497 e. The summed E-state index contributed by atoms with van der Waals surface area (Å²) in [5, 5.41) is 19.9. The average Bonchev–Trinajstić information content (AvgIpc) is 2.63. The molecule has 0 aromatic heterocycles. The van der Waals surface area contributed by atoms with Crippen LogP contribution in [0.5, 0.6) is 5.75 Å². The molecule has 0 aliphatic carbocycles. The van der Waals surface area contributed by atoms with Gasteiger partial charge < -0.3 is 14.9 Å². The van der Waals surface area contributed by atoms with E-state index >= 15 is 0 Å². The van der Waals surface area contributed by atoms with Gasteiger partial charge in [-0.3, -0.25) is 4.90 Å². The van der Waals surface area contributed by atoms with E-state index in [2.05, 4.69) is 11.5 Å². The lowest BCUT2D eigenvalue weighted by atomic mass is 9.99. The first-order valence-electron chi connectivity index (χ1n) is 8.01. The molecule has 2 rings (SSSR count). The molecule has 2 aromatic carbocycles. The predicted molar refractivity (Wildman–Crippen MR) is 95.9 cm³/mol. The number of ether oxygens (including phenoxy) is 1. The predicted octanol–water partition coefficient (Wildman–Crippen LogP) is 2.78. The van der Waals surface area contributed by atoms with Gasteiger partial charge in [0, 0.05) is 13.1 Å². The number of hydrogen-bond acceptors (Lipinski definition) is 4. The smallest absolute Gasteiger partial charge is 0.118 e. The number of rotatable bonds is 9. The molecule has 0 fully saturated rings. The van der Waals surface area contributed by atoms with E-state index in [0.717, 1.165) is 16.9 Å². The maximum absolute atomic E-state index is 10.4. The van der Waals surface area contributed by atoms with Gasteiger partial charge >= 0.3 is 0 Å². The molecule has 0 aliphatic rings. The van der Waals surface area contributed by atoms with Crippen molar-refractivity contribution in [3.8, 4) is 5.75 Å². The van der Waals surface area contributed by atoms with E-state index in [0.29, 0.717) is 13.1 Å². The summed E-state index contributed by atoms with van der Waals surface area (Å²) >= 11 is 0. The lowest BCUT2D eigenvalue weighted by molar-refractivity contribution is 0.0106. The summed E-state index contributed by atoms with van der Waals surface area (Å²) in [6.45, 7) is 4.76. The fourth-order valence-corrected chi connectivity index (χ4v) is 2.83. The van der Waals surface area contributed by atoms with Crippen molar-refractivity contribution < 1.29 is 14.9 Å². The van der Waals surface area contributed by atoms with E-state index < -0.39 is 6.10 Å². The van der Waals surface area contributed by atoms with Gasteiger partial charge in [-0.05, 0) is 23.3 Å². The van der Waals surface area contributed by atoms with Crippen LogP contribution in [-0.4, -0.2) is 41.5 Å². The van der Waals surface area contributed by atoms with Gasteiger partial charge in [0.25, 0.3) is 0 Å². The normalized spacial score (nSPS) is 13.5. The Balaban J connectivity index is 2.28. The number of benzene rings is 2. The van der Waals surface area contributed by atoms with Crippen LogP contribution < -0.4 is 4.74 Å². The molecule has 0 saturated carbocycles. The number of nitrogens with zero attached hydrogens (tertiary/aromatic N) is 1. The number of hydrogen-bond donors (Lipinski definition) is 2. The van der Waals surface area contributed by atoms with Gasteiger partial charge in [0.2, 0.25) is 0 Å². The minimum Gasteiger partial charge on any atom is -0.497 e. The van der Waals surface area contributed by atoms with Gasteiger partial charge in [-0.2, -0.15) is 0 Å². The van der Waals surface area contributed by atoms with Crippen molar-refractivity contribution in [1.29, 1.82) is 0 Å². The molecule has 0 amide bonds. The highest BCUT2D eigenvalue weighted by Crippen LogP contribution is 2.26. The standard InChI is InChI=1S/C20H25NO3/c1-3-13-21(14-16-9-11-18(24-2)12-10-16)20(19(23)15-22)17-7-5-4-6-8-17/h3-12,19-20,22-23H,1,13-15H2,2H3/t19-,20+/m0/s1. The monoisotopic (exact) mass is 327 g/mol. The lowest BCUT2D eigenvalue weighted by Crippen LogP contribution is -2.38. The zero-order chi connectivity index (χ0) is 17.4. The summed E-state index contributed by atoms with van der Waals surface area (Å²) in [6.07, 6.45) is 0.939. The molecular formula is C20H25NO3. The summed E-state index contributed by atoms with van der Waals surface area (Å²) < 4.78 is 5.19. The summed E-state index contributed by atoms with van der Waals surface area (Å²) in [6, 6.07) is 17.3. The van der Waals surface area contributed by atoms with Crippen LogP contribution in [0, 0.1) is 0 Å². The topological polar surface area (TPSA) is 52.9 Å². The fraction of sp³-hybridized carbons (Fsp3) is 0.300. The van der Waals surface area contributed by atoms with Crippen LogP contribution in [0.1, 0.15) is 17.2 Å². The second-order valence-corrected chi connectivity index (χ2v) is 5.67. The first kappa shape index (κ1) is 18.2. The second kappa shape index (κ2) is 9.23. The van der Waals surface area contributed by atoms with Gasteiger partial charge in [-0.25, -0.2) is 0 Å². The van der Waals surface area contributed by atoms with Crippen molar-refractivity contribution >= 4 is 0 Å². The summed E-state index contributed by atoms with van der Waals surface area (Å²) in [4.78, 5) is 2.10. The first-order valence-corrected chi connectivity index (χ1v) is 8.01. The Kier molecular flexibility index (Phi) is 7.00. The molecule has 2 atom stereocenters. The molecule has 0 spiro atoms. The Morgan fingerprint density at radius 1 is 1.12 bits per heavy atom. The number of methoxy groups -OCH3 is 1. The SMILES string of the molecule is C=CCN(Cc1ccc(OC)cc1)[C@H](c1ccccc1)[C@@H](O)CO. The van der Waals surface area contributed by atoms with Gasteiger partial charge in [0.15, 0.2) is 0 Å². The average molecular weight is 327 g/mol. The Labute approximate surface area is 143 Å². The highest BCUT2D eigenvalue weighted by Gasteiger charge is 2.26. The Morgan fingerprint density at radius 2 is 1.79 bits per heavy atom. The van der Waals surface area contributed by atoms with E-state index in [1.54, 1.807) is 7.11 Å². The molecule has 0 aliphatic heterocycles. The maximum atomic E-state index is 10.4. The van der Waals surface area contributed by atoms with Crippen molar-refractivity contribution in [2.24, 2.45) is 0 Å². The lowest BCUT2D eigenvalue weighted by Gasteiger charge is -2.34. The van der Waals surface area contributed by atoms with Gasteiger partial charge in [0.05, 0.1) is 25.9 Å². The Hall–Kier alpha value is -2.14. The molecule has 0 saturated heterocycles. The summed E-state index contributed by atoms with van der Waals surface area (Å²) in [5.41, 5.74) is 2.07. The molecule has 2 aromatic rings. The van der Waals surface area contributed by atoms with Crippen molar-refractivity contribution in [2.45, 2.75) is 18.7 Å². The van der Waals surface area contributed by atoms with Crippen molar-refractivity contribution in [3.05, 3.63) is 78.4 Å². The van der Waals surface area contributed by atoms with Crippen LogP contribution in [0.15, 0.2) is 67.3 Å². The van der Waals surface area contributed by atoms with Gasteiger partial charge in [-0.1, -0.05) is 48.5 Å². The number of aliphatic hydroxyl groups excluding tert-OH is 2. The van der Waals surface area contributed by atoms with Crippen LogP contribution in [0.2, 0.25) is 0 Å². The van der Waals surface area contributed by atoms with Crippen molar-refractivity contribution in [1.82, 2.24) is 4.90 Å². The third-order valence-corrected chi connectivity index (χ3v) is 3.99. The van der Waals surface area contributed by atoms with Crippen LogP contribution in [0.3, 0.4) is 0 Å². The van der Waals surface area contributed by atoms with Gasteiger partial charge in [0.1, 0.15) is 5.75 Å². The zero-order valence-electron chi connectivity index (χ0n) is 14.0. The van der Waals surface area contributed by atoms with Gasteiger partial charge in [-0.15, -0.1) is 6.58 Å². The maximum Gasteiger partial charge on any atom is 0.118 e. The molecular weight excluding hydrogens is 302 g/mol. The molecule has 4 heteroatoms. The second-order valence-electron chi connectivity index (χ2n) is 5.67. The minimum absolute atomic E-state index is 0.296. The Morgan fingerprint density at radius 3 is 2.33 bits per heavy atom. The molecule has 2 N–H and O–H groups in total. The minimum atomic E-state index is -0.870. The zero-order valence-corrected chi connectivity index (χ0v) is 14.0.